The molecule has 0 unspecified atom stereocenters. The standard InChI is InChI=1S/C17H18ClF3N2OS/c1-10(2)15(16(24)22-9-12-4-3-7-25-12)23-14-6-5-11(8-13(14)18)17(19,20)21/h3-8,10,15,23H,9H2,1-2H3,(H,22,24)/t15-/m1/s1. The number of thiophene rings is 1. The summed E-state index contributed by atoms with van der Waals surface area (Å²) in [5.74, 6) is -0.318. The first-order chi connectivity index (χ1) is 11.7. The van der Waals surface area contributed by atoms with Crippen LogP contribution in [-0.2, 0) is 17.5 Å². The third-order valence-electron chi connectivity index (χ3n) is 3.57. The molecular formula is C17H18ClF3N2OS. The molecule has 25 heavy (non-hydrogen) atoms. The molecule has 3 nitrogen and oxygen atoms in total. The Kier molecular flexibility index (Phi) is 6.35. The third kappa shape index (κ3) is 5.37. The predicted octanol–water partition coefficient (Wildman–Crippen LogP) is 5.17. The van der Waals surface area contributed by atoms with Crippen molar-refractivity contribution in [2.75, 3.05) is 5.32 Å². The van der Waals surface area contributed by atoms with Crippen molar-refractivity contribution in [1.82, 2.24) is 5.32 Å². The van der Waals surface area contributed by atoms with Crippen LogP contribution < -0.4 is 10.6 Å². The lowest BCUT2D eigenvalue weighted by Gasteiger charge is -2.23. The van der Waals surface area contributed by atoms with Gasteiger partial charge in [0.2, 0.25) is 5.91 Å². The Bertz CT molecular complexity index is 717. The first-order valence-corrected chi connectivity index (χ1v) is 8.87. The molecule has 1 aromatic heterocycles. The van der Waals surface area contributed by atoms with Crippen LogP contribution in [0.1, 0.15) is 24.3 Å². The summed E-state index contributed by atoms with van der Waals surface area (Å²) in [6.07, 6.45) is -4.46. The Morgan fingerprint density at radius 3 is 2.52 bits per heavy atom. The lowest BCUT2D eigenvalue weighted by Crippen LogP contribution is -2.42. The number of carbonyl (C=O) groups excluding carboxylic acids is 1. The molecule has 0 aliphatic carbocycles. The van der Waals surface area contributed by atoms with Gasteiger partial charge < -0.3 is 10.6 Å². The summed E-state index contributed by atoms with van der Waals surface area (Å²) >= 11 is 7.49. The third-order valence-corrected chi connectivity index (χ3v) is 4.76. The molecule has 0 bridgehead atoms. The fourth-order valence-electron chi connectivity index (χ4n) is 2.21. The second-order valence-electron chi connectivity index (χ2n) is 5.86. The van der Waals surface area contributed by atoms with Crippen molar-refractivity contribution in [3.8, 4) is 0 Å². The van der Waals surface area contributed by atoms with Gasteiger partial charge >= 0.3 is 6.18 Å². The SMILES string of the molecule is CC(C)[C@@H](Nc1ccc(C(F)(F)F)cc1Cl)C(=O)NCc1cccs1. The van der Waals surface area contributed by atoms with E-state index in [1.165, 1.54) is 17.4 Å². The first kappa shape index (κ1) is 19.6. The minimum Gasteiger partial charge on any atom is -0.372 e. The largest absolute Gasteiger partial charge is 0.416 e. The van der Waals surface area contributed by atoms with Gasteiger partial charge in [0.05, 0.1) is 22.8 Å². The van der Waals surface area contributed by atoms with Crippen LogP contribution in [0.3, 0.4) is 0 Å². The molecule has 2 aromatic rings. The van der Waals surface area contributed by atoms with E-state index in [0.29, 0.717) is 12.2 Å². The number of carbonyl (C=O) groups is 1. The average Bonchev–Trinajstić information content (AvgIpc) is 3.03. The second kappa shape index (κ2) is 8.10. The molecule has 2 rings (SSSR count). The van der Waals surface area contributed by atoms with Gasteiger partial charge in [0, 0.05) is 4.88 Å². The molecule has 0 aliphatic rings. The van der Waals surface area contributed by atoms with Crippen LogP contribution in [0, 0.1) is 5.92 Å². The van der Waals surface area contributed by atoms with Crippen LogP contribution in [0.25, 0.3) is 0 Å². The van der Waals surface area contributed by atoms with Gasteiger partial charge in [-0.05, 0) is 35.6 Å². The lowest BCUT2D eigenvalue weighted by atomic mass is 10.0. The second-order valence-corrected chi connectivity index (χ2v) is 7.30. The highest BCUT2D eigenvalue weighted by Crippen LogP contribution is 2.34. The molecule has 1 atom stereocenters. The van der Waals surface area contributed by atoms with E-state index in [-0.39, 0.29) is 16.8 Å². The number of amides is 1. The maximum absolute atomic E-state index is 12.7. The molecule has 8 heteroatoms. The van der Waals surface area contributed by atoms with Gasteiger partial charge in [-0.1, -0.05) is 31.5 Å². The highest BCUT2D eigenvalue weighted by molar-refractivity contribution is 7.09. The summed E-state index contributed by atoms with van der Waals surface area (Å²) < 4.78 is 38.1. The number of benzene rings is 1. The summed E-state index contributed by atoms with van der Waals surface area (Å²) in [6, 6.07) is 6.23. The van der Waals surface area contributed by atoms with Gasteiger partial charge in [0.15, 0.2) is 0 Å². The Labute approximate surface area is 153 Å². The molecule has 2 N–H and O–H groups in total. The van der Waals surface area contributed by atoms with Crippen LogP contribution in [0.2, 0.25) is 5.02 Å². The number of nitrogens with one attached hydrogen (secondary N) is 2. The minimum absolute atomic E-state index is 0.0773. The number of anilines is 1. The molecule has 0 aliphatic heterocycles. The number of halogens is 4. The topological polar surface area (TPSA) is 41.1 Å². The molecular weight excluding hydrogens is 373 g/mol. The van der Waals surface area contributed by atoms with Gasteiger partial charge in [0.1, 0.15) is 6.04 Å². The number of rotatable bonds is 6. The number of hydrogen-bond acceptors (Lipinski definition) is 3. The quantitative estimate of drug-likeness (QED) is 0.714. The van der Waals surface area contributed by atoms with Gasteiger partial charge in [-0.2, -0.15) is 13.2 Å². The summed E-state index contributed by atoms with van der Waals surface area (Å²) in [4.78, 5) is 13.4. The van der Waals surface area contributed by atoms with Gasteiger partial charge in [0.25, 0.3) is 0 Å². The van der Waals surface area contributed by atoms with Crippen LogP contribution in [0.4, 0.5) is 18.9 Å². The molecule has 1 aromatic carbocycles. The van der Waals surface area contributed by atoms with E-state index in [9.17, 15) is 18.0 Å². The highest BCUT2D eigenvalue weighted by Gasteiger charge is 2.31. The lowest BCUT2D eigenvalue weighted by molar-refractivity contribution is -0.137. The maximum Gasteiger partial charge on any atom is 0.416 e. The van der Waals surface area contributed by atoms with Crippen LogP contribution in [0.15, 0.2) is 35.7 Å². The van der Waals surface area contributed by atoms with E-state index in [0.717, 1.165) is 17.0 Å². The van der Waals surface area contributed by atoms with Crippen LogP contribution in [0.5, 0.6) is 0 Å². The van der Waals surface area contributed by atoms with Crippen molar-refractivity contribution >= 4 is 34.5 Å². The average molecular weight is 391 g/mol. The molecule has 1 amide bonds. The normalized spacial score (nSPS) is 12.9. The molecule has 0 fully saturated rings. The fraction of sp³-hybridized carbons (Fsp3) is 0.353. The van der Waals surface area contributed by atoms with Gasteiger partial charge in [-0.25, -0.2) is 0 Å². The summed E-state index contributed by atoms with van der Waals surface area (Å²) in [5, 5.41) is 7.62. The Morgan fingerprint density at radius 2 is 2.00 bits per heavy atom. The van der Waals surface area contributed by atoms with Crippen LogP contribution in [-0.4, -0.2) is 11.9 Å². The molecule has 1 heterocycles. The Morgan fingerprint density at radius 1 is 1.28 bits per heavy atom. The van der Waals surface area contributed by atoms with Crippen molar-refractivity contribution in [1.29, 1.82) is 0 Å². The summed E-state index contributed by atoms with van der Waals surface area (Å²) in [6.45, 7) is 4.10. The number of alkyl halides is 3. The van der Waals surface area contributed by atoms with E-state index in [1.807, 2.05) is 31.4 Å². The Hall–Kier alpha value is -1.73. The molecule has 0 radical (unpaired) electrons. The van der Waals surface area contributed by atoms with E-state index >= 15 is 0 Å². The maximum atomic E-state index is 12.7. The zero-order chi connectivity index (χ0) is 18.6. The van der Waals surface area contributed by atoms with Gasteiger partial charge in [-0.15, -0.1) is 11.3 Å². The number of hydrogen-bond donors (Lipinski definition) is 2. The van der Waals surface area contributed by atoms with E-state index in [2.05, 4.69) is 10.6 Å². The van der Waals surface area contributed by atoms with Crippen molar-refractivity contribution < 1.29 is 18.0 Å². The summed E-state index contributed by atoms with van der Waals surface area (Å²) in [7, 11) is 0. The van der Waals surface area contributed by atoms with E-state index < -0.39 is 17.8 Å². The highest BCUT2D eigenvalue weighted by atomic mass is 35.5. The van der Waals surface area contributed by atoms with Crippen molar-refractivity contribution in [3.63, 3.8) is 0 Å². The molecule has 0 spiro atoms. The fourth-order valence-corrected chi connectivity index (χ4v) is 3.09. The minimum atomic E-state index is -4.46. The van der Waals surface area contributed by atoms with Gasteiger partial charge in [-0.3, -0.25) is 4.79 Å². The summed E-state index contributed by atoms with van der Waals surface area (Å²) in [5.41, 5.74) is -0.536. The van der Waals surface area contributed by atoms with E-state index in [1.54, 1.807) is 0 Å². The van der Waals surface area contributed by atoms with Crippen LogP contribution >= 0.6 is 22.9 Å². The van der Waals surface area contributed by atoms with Crippen molar-refractivity contribution in [3.05, 3.63) is 51.2 Å². The predicted molar refractivity (Wildman–Crippen MR) is 94.9 cm³/mol. The van der Waals surface area contributed by atoms with Crippen molar-refractivity contribution in [2.24, 2.45) is 5.92 Å². The Balaban J connectivity index is 2.09. The zero-order valence-corrected chi connectivity index (χ0v) is 15.2. The first-order valence-electron chi connectivity index (χ1n) is 7.62. The molecule has 0 saturated carbocycles. The molecule has 136 valence electrons. The smallest absolute Gasteiger partial charge is 0.372 e. The zero-order valence-electron chi connectivity index (χ0n) is 13.7. The van der Waals surface area contributed by atoms with E-state index in [4.69, 9.17) is 11.6 Å². The molecule has 0 saturated heterocycles. The van der Waals surface area contributed by atoms with Crippen molar-refractivity contribution in [2.45, 2.75) is 32.6 Å². The monoisotopic (exact) mass is 390 g/mol.